The van der Waals surface area contributed by atoms with Gasteiger partial charge in [0.15, 0.2) is 0 Å². The average molecular weight is 890 g/mol. The van der Waals surface area contributed by atoms with Crippen LogP contribution in [0.15, 0.2) is 49.7 Å². The molecule has 0 N–H and O–H groups in total. The molecule has 10 nitrogen and oxygen atoms in total. The summed E-state index contributed by atoms with van der Waals surface area (Å²) in [5.74, 6) is 1.88. The number of nitrogens with zero attached hydrogens (tertiary/aromatic N) is 10. The molecule has 3 heterocycles. The standard InChI is InChI=1S/C15H24.C9H21N3.2C4H8BN3.C2H6N.CH3.4ClH.2Ti/c1-10(2)13-8-7-9-14(11(3)4)15(13)12(5)6;1-10-4-6-11(2)8-9-12(3)7-5-10;2*1-7-3-4-8(2)5(7)6;1-3-2;;;;;;;/h7-12H,1-6H3;4-9H2,1-3H3;2*3-4H,1-2H3;1-2H3;1H3;4*1H;;/q;;;;2*-1;;;;;2*+2/p-4. The van der Waals surface area contributed by atoms with Crippen LogP contribution in [0.25, 0.3) is 5.32 Å². The van der Waals surface area contributed by atoms with E-state index in [1.54, 1.807) is 19.7 Å². The summed E-state index contributed by atoms with van der Waals surface area (Å²) in [5, 5.41) is 3.50. The maximum absolute atomic E-state index is 5.67. The first-order valence-electron chi connectivity index (χ1n) is 17.9. The van der Waals surface area contributed by atoms with Gasteiger partial charge in [-0.3, -0.25) is 0 Å². The number of hydrogen-bond acceptors (Lipinski definition) is 9. The predicted octanol–water partition coefficient (Wildman–Crippen LogP) is 8.78. The van der Waals surface area contributed by atoms with Crippen molar-refractivity contribution in [2.45, 2.75) is 59.3 Å². The Labute approximate surface area is 354 Å². The summed E-state index contributed by atoms with van der Waals surface area (Å²) >= 11 is -4.19. The first-order chi connectivity index (χ1) is 24.3. The van der Waals surface area contributed by atoms with Crippen molar-refractivity contribution in [3.05, 3.63) is 72.4 Å². The van der Waals surface area contributed by atoms with Crippen molar-refractivity contribution in [1.82, 2.24) is 33.9 Å². The van der Waals surface area contributed by atoms with Crippen LogP contribution in [0, 0.1) is 7.43 Å². The number of benzene rings is 1. The van der Waals surface area contributed by atoms with Crippen LogP contribution in [0.5, 0.6) is 0 Å². The number of rotatable bonds is 5. The molecule has 0 amide bonds. The third kappa shape index (κ3) is 23.2. The van der Waals surface area contributed by atoms with Crippen molar-refractivity contribution in [1.29, 1.82) is 0 Å². The maximum Gasteiger partial charge on any atom is 0.0107 e. The zero-order valence-electron chi connectivity index (χ0n) is 35.7. The second-order valence-corrected chi connectivity index (χ2v) is 24.2. The van der Waals surface area contributed by atoms with Crippen LogP contribution in [0.4, 0.5) is 0 Å². The Kier molecular flexibility index (Phi) is 31.4. The molecule has 3 aliphatic heterocycles. The molecule has 0 spiro atoms. The third-order valence-corrected chi connectivity index (χ3v) is 11.5. The van der Waals surface area contributed by atoms with Gasteiger partial charge in [-0.25, -0.2) is 0 Å². The Morgan fingerprint density at radius 1 is 0.547 bits per heavy atom. The normalized spacial score (nSPS) is 16.3. The second kappa shape index (κ2) is 30.2. The van der Waals surface area contributed by atoms with Gasteiger partial charge in [-0.15, -0.1) is 0 Å². The molecule has 0 saturated carbocycles. The van der Waals surface area contributed by atoms with Crippen molar-refractivity contribution in [3.63, 3.8) is 0 Å². The molecule has 53 heavy (non-hydrogen) atoms. The molecule has 18 heteroatoms. The van der Waals surface area contributed by atoms with Gasteiger partial charge < -0.3 is 27.4 Å². The van der Waals surface area contributed by atoms with Crippen LogP contribution in [-0.4, -0.2) is 151 Å². The Balaban J connectivity index is 0. The maximum atomic E-state index is 5.67. The first-order valence-corrected chi connectivity index (χ1v) is 27.9. The van der Waals surface area contributed by atoms with E-state index in [1.165, 1.54) is 50.4 Å². The topological polar surface area (TPSA) is 61.5 Å². The molecule has 0 aliphatic carbocycles. The fourth-order valence-electron chi connectivity index (χ4n) is 5.48. The van der Waals surface area contributed by atoms with Crippen LogP contribution >= 0.6 is 37.2 Å². The van der Waals surface area contributed by atoms with Crippen LogP contribution in [0.3, 0.4) is 0 Å². The number of likely N-dealkylation sites (N-methyl/N-ethyl adjacent to an activating group) is 3. The Bertz CT molecular complexity index is 1130. The molecule has 4 rings (SSSR count). The van der Waals surface area contributed by atoms with Gasteiger partial charge in [0.25, 0.3) is 0 Å². The molecule has 1 aromatic rings. The molecule has 1 aromatic carbocycles. The van der Waals surface area contributed by atoms with E-state index < -0.39 is 31.1 Å². The minimum Gasteiger partial charge on any atom is -0.668 e. The summed E-state index contributed by atoms with van der Waals surface area (Å²) in [4.78, 5) is 15.1. The van der Waals surface area contributed by atoms with E-state index in [2.05, 4.69) is 108 Å². The van der Waals surface area contributed by atoms with Gasteiger partial charge in [-0.2, -0.15) is 14.1 Å². The Morgan fingerprint density at radius 2 is 0.792 bits per heavy atom. The summed E-state index contributed by atoms with van der Waals surface area (Å²) in [5.41, 5.74) is 4.62. The quantitative estimate of drug-likeness (QED) is 0.217. The van der Waals surface area contributed by atoms with Gasteiger partial charge >= 0.3 is 161 Å². The minimum absolute atomic E-state index is 0. The second-order valence-electron chi connectivity index (χ2n) is 14.4. The number of halogens is 4. The third-order valence-electron chi connectivity index (χ3n) is 8.54. The van der Waals surface area contributed by atoms with Crippen molar-refractivity contribution in [2.24, 2.45) is 6.66 Å². The van der Waals surface area contributed by atoms with Gasteiger partial charge in [0.2, 0.25) is 0 Å². The van der Waals surface area contributed by atoms with E-state index in [-0.39, 0.29) is 21.7 Å². The zero-order chi connectivity index (χ0) is 40.1. The first kappa shape index (κ1) is 55.2. The smallest absolute Gasteiger partial charge is 0.0107 e. The Hall–Kier alpha value is 0.0584. The van der Waals surface area contributed by atoms with E-state index in [0.29, 0.717) is 17.8 Å². The Morgan fingerprint density at radius 3 is 0.981 bits per heavy atom. The number of hydrogen-bond donors (Lipinski definition) is 0. The largest absolute Gasteiger partial charge is 0.668 e. The fourth-order valence-corrected chi connectivity index (χ4v) is 8.60. The SMILES string of the molecule is CC(C)c1cccc(C(C)C)c1C(C)C.CN1C=CN(C)B1[N]=[Ti]([Cl])[Cl].CN1C=CN(C)B1[N]=[Ti]([Cl])[Cl].CN1CCN(C)CCN(C)CC1.C[N-]C.[CH3-]. The van der Waals surface area contributed by atoms with Crippen molar-refractivity contribution in [2.75, 3.05) is 103 Å². The van der Waals surface area contributed by atoms with Gasteiger partial charge in [0.1, 0.15) is 0 Å². The molecule has 3 aliphatic rings. The fraction of sp³-hybridized carbons (Fsp3) is 0.686. The van der Waals surface area contributed by atoms with Crippen LogP contribution in [0.1, 0.15) is 76.0 Å². The molecule has 0 aromatic heterocycles. The average Bonchev–Trinajstić information content (AvgIpc) is 3.57. The van der Waals surface area contributed by atoms with Crippen molar-refractivity contribution < 1.29 is 31.1 Å². The predicted molar refractivity (Wildman–Crippen MR) is 232 cm³/mol. The van der Waals surface area contributed by atoms with E-state index >= 15 is 0 Å². The van der Waals surface area contributed by atoms with Gasteiger partial charge in [-0.1, -0.05) is 59.7 Å². The molecule has 0 atom stereocenters. The van der Waals surface area contributed by atoms with E-state index in [9.17, 15) is 0 Å². The van der Waals surface area contributed by atoms with E-state index in [0.717, 1.165) is 0 Å². The zero-order valence-corrected chi connectivity index (χ0v) is 41.8. The summed E-state index contributed by atoms with van der Waals surface area (Å²) in [7, 11) is 40.6. The van der Waals surface area contributed by atoms with Crippen LogP contribution < -0.4 is 0 Å². The van der Waals surface area contributed by atoms with Crippen molar-refractivity contribution in [3.8, 4) is 0 Å². The molecule has 1 saturated heterocycles. The summed E-state index contributed by atoms with van der Waals surface area (Å²) in [6.07, 6.45) is 7.79. The molecule has 0 bridgehead atoms. The van der Waals surface area contributed by atoms with Crippen LogP contribution in [-0.2, 0) is 31.1 Å². The van der Waals surface area contributed by atoms with E-state index in [1.807, 2.05) is 72.2 Å². The van der Waals surface area contributed by atoms with Gasteiger partial charge in [0, 0.05) is 39.3 Å². The van der Waals surface area contributed by atoms with Crippen LogP contribution in [0.2, 0.25) is 0 Å². The van der Waals surface area contributed by atoms with Crippen molar-refractivity contribution >= 4 is 51.5 Å². The molecule has 0 unspecified atom stereocenters. The van der Waals surface area contributed by atoms with Gasteiger partial charge in [0.05, 0.1) is 0 Å². The summed E-state index contributed by atoms with van der Waals surface area (Å²) in [6, 6.07) is 6.77. The monoisotopic (exact) mass is 888 g/mol. The van der Waals surface area contributed by atoms with Gasteiger partial charge in [-0.05, 0) is 55.6 Å². The molecular weight excluding hydrogens is 820 g/mol. The minimum atomic E-state index is -2.09. The summed E-state index contributed by atoms with van der Waals surface area (Å²) < 4.78 is 8.45. The van der Waals surface area contributed by atoms with E-state index in [4.69, 9.17) is 37.2 Å². The molecule has 0 radical (unpaired) electrons. The molecule has 1 fully saturated rings. The summed E-state index contributed by atoms with van der Waals surface area (Å²) in [6.45, 7) is 20.9. The molecular formula is C35H70B2Cl4N10Ti2-2. The molecule has 304 valence electrons.